The number of carbonyl (C=O) groups excluding carboxylic acids is 1. The van der Waals surface area contributed by atoms with Gasteiger partial charge < -0.3 is 4.90 Å². The molecule has 0 aliphatic carbocycles. The molecule has 1 unspecified atom stereocenters. The highest BCUT2D eigenvalue weighted by molar-refractivity contribution is 7.21. The van der Waals surface area contributed by atoms with Gasteiger partial charge in [-0.25, -0.2) is 8.78 Å². The summed E-state index contributed by atoms with van der Waals surface area (Å²) >= 11 is 1.45. The lowest BCUT2D eigenvalue weighted by Crippen LogP contribution is -2.29. The van der Waals surface area contributed by atoms with Crippen molar-refractivity contribution >= 4 is 27.3 Å². The molecule has 0 saturated heterocycles. The van der Waals surface area contributed by atoms with E-state index in [0.29, 0.717) is 10.4 Å². The Kier molecular flexibility index (Phi) is 4.37. The monoisotopic (exact) mass is 345 g/mol. The zero-order valence-corrected chi connectivity index (χ0v) is 14.5. The summed E-state index contributed by atoms with van der Waals surface area (Å²) in [6, 6.07) is 11.2. The molecule has 1 heterocycles. The summed E-state index contributed by atoms with van der Waals surface area (Å²) in [6.07, 6.45) is 0. The summed E-state index contributed by atoms with van der Waals surface area (Å²) in [5.74, 6) is -1.91. The van der Waals surface area contributed by atoms with Gasteiger partial charge in [-0.05, 0) is 48.6 Å². The standard InChI is InChI=1S/C19H17F2NOS/c1-11-14-6-4-5-7-17(14)24-18(11)19(23)22(3)12(2)13-8-9-15(20)16(21)10-13/h4-10,12H,1-3H3. The first-order valence-corrected chi connectivity index (χ1v) is 8.42. The van der Waals surface area contributed by atoms with Crippen LogP contribution in [0.5, 0.6) is 0 Å². The Balaban J connectivity index is 1.93. The Bertz CT molecular complexity index is 919. The van der Waals surface area contributed by atoms with Gasteiger partial charge >= 0.3 is 0 Å². The second-order valence-corrected chi connectivity index (χ2v) is 6.87. The van der Waals surface area contributed by atoms with Crippen molar-refractivity contribution in [1.82, 2.24) is 4.90 Å². The number of thiophene rings is 1. The summed E-state index contributed by atoms with van der Waals surface area (Å²) in [5.41, 5.74) is 1.51. The number of aryl methyl sites for hydroxylation is 1. The maximum Gasteiger partial charge on any atom is 0.264 e. The van der Waals surface area contributed by atoms with Gasteiger partial charge in [-0.1, -0.05) is 24.3 Å². The highest BCUT2D eigenvalue weighted by Crippen LogP contribution is 2.33. The number of carbonyl (C=O) groups is 1. The molecule has 2 nitrogen and oxygen atoms in total. The van der Waals surface area contributed by atoms with Crippen molar-refractivity contribution < 1.29 is 13.6 Å². The van der Waals surface area contributed by atoms with Gasteiger partial charge in [0.1, 0.15) is 0 Å². The number of hydrogen-bond acceptors (Lipinski definition) is 2. The van der Waals surface area contributed by atoms with Crippen LogP contribution in [0.15, 0.2) is 42.5 Å². The number of halogens is 2. The van der Waals surface area contributed by atoms with Crippen LogP contribution in [-0.4, -0.2) is 17.9 Å². The summed E-state index contributed by atoms with van der Waals surface area (Å²) in [5, 5.41) is 1.07. The maximum atomic E-state index is 13.5. The van der Waals surface area contributed by atoms with Crippen LogP contribution >= 0.6 is 11.3 Å². The topological polar surface area (TPSA) is 20.3 Å². The summed E-state index contributed by atoms with van der Waals surface area (Å²) in [4.78, 5) is 15.1. The number of amides is 1. The van der Waals surface area contributed by atoms with E-state index in [1.54, 1.807) is 18.9 Å². The Morgan fingerprint density at radius 2 is 1.83 bits per heavy atom. The van der Waals surface area contributed by atoms with E-state index in [9.17, 15) is 13.6 Å². The fourth-order valence-corrected chi connectivity index (χ4v) is 3.90. The first-order valence-electron chi connectivity index (χ1n) is 7.60. The smallest absolute Gasteiger partial charge is 0.264 e. The zero-order chi connectivity index (χ0) is 17.4. The van der Waals surface area contributed by atoms with Gasteiger partial charge in [-0.15, -0.1) is 11.3 Å². The second kappa shape index (κ2) is 6.32. The average molecular weight is 345 g/mol. The van der Waals surface area contributed by atoms with Crippen molar-refractivity contribution in [2.45, 2.75) is 19.9 Å². The highest BCUT2D eigenvalue weighted by atomic mass is 32.1. The Labute approximate surface area is 143 Å². The molecular weight excluding hydrogens is 328 g/mol. The number of hydrogen-bond donors (Lipinski definition) is 0. The molecule has 3 aromatic rings. The lowest BCUT2D eigenvalue weighted by atomic mass is 10.1. The second-order valence-electron chi connectivity index (χ2n) is 5.82. The third-order valence-electron chi connectivity index (χ3n) is 4.37. The van der Waals surface area contributed by atoms with Crippen LogP contribution in [0.2, 0.25) is 0 Å². The minimum absolute atomic E-state index is 0.120. The van der Waals surface area contributed by atoms with Gasteiger partial charge in [0.25, 0.3) is 5.91 Å². The number of fused-ring (bicyclic) bond motifs is 1. The molecule has 0 fully saturated rings. The summed E-state index contributed by atoms with van der Waals surface area (Å²) in [6.45, 7) is 3.73. The van der Waals surface area contributed by atoms with E-state index in [1.807, 2.05) is 31.2 Å². The number of benzene rings is 2. The molecule has 0 radical (unpaired) electrons. The zero-order valence-electron chi connectivity index (χ0n) is 13.6. The van der Waals surface area contributed by atoms with Crippen LogP contribution in [0, 0.1) is 18.6 Å². The predicted octanol–water partition coefficient (Wildman–Crippen LogP) is 5.32. The molecule has 0 spiro atoms. The van der Waals surface area contributed by atoms with Crippen molar-refractivity contribution in [2.75, 3.05) is 7.05 Å². The number of rotatable bonds is 3. The van der Waals surface area contributed by atoms with Crippen LogP contribution in [0.4, 0.5) is 8.78 Å². The number of nitrogens with zero attached hydrogens (tertiary/aromatic N) is 1. The fourth-order valence-electron chi connectivity index (χ4n) is 2.71. The molecule has 1 atom stereocenters. The van der Waals surface area contributed by atoms with Crippen molar-refractivity contribution in [3.8, 4) is 0 Å². The molecule has 24 heavy (non-hydrogen) atoms. The van der Waals surface area contributed by atoms with Gasteiger partial charge in [0, 0.05) is 11.7 Å². The van der Waals surface area contributed by atoms with Crippen molar-refractivity contribution in [2.24, 2.45) is 0 Å². The van der Waals surface area contributed by atoms with E-state index < -0.39 is 11.6 Å². The van der Waals surface area contributed by atoms with Crippen LogP contribution in [0.25, 0.3) is 10.1 Å². The molecule has 0 bridgehead atoms. The van der Waals surface area contributed by atoms with Crippen LogP contribution < -0.4 is 0 Å². The Morgan fingerprint density at radius 3 is 2.50 bits per heavy atom. The van der Waals surface area contributed by atoms with Crippen molar-refractivity contribution in [3.63, 3.8) is 0 Å². The molecule has 1 amide bonds. The Morgan fingerprint density at radius 1 is 1.12 bits per heavy atom. The van der Waals surface area contributed by atoms with Crippen LogP contribution in [0.1, 0.15) is 33.8 Å². The molecule has 0 aliphatic rings. The SMILES string of the molecule is Cc1c(C(=O)N(C)C(C)c2ccc(F)c(F)c2)sc2ccccc12. The largest absolute Gasteiger partial charge is 0.334 e. The Hall–Kier alpha value is -2.27. The predicted molar refractivity (Wildman–Crippen MR) is 93.4 cm³/mol. The minimum atomic E-state index is -0.904. The summed E-state index contributed by atoms with van der Waals surface area (Å²) in [7, 11) is 1.68. The van der Waals surface area contributed by atoms with Crippen LogP contribution in [0.3, 0.4) is 0 Å². The molecule has 0 N–H and O–H groups in total. The van der Waals surface area contributed by atoms with Gasteiger partial charge in [-0.2, -0.15) is 0 Å². The van der Waals surface area contributed by atoms with E-state index in [0.717, 1.165) is 27.8 Å². The van der Waals surface area contributed by atoms with Gasteiger partial charge in [-0.3, -0.25) is 4.79 Å². The third-order valence-corrected chi connectivity index (χ3v) is 5.63. The maximum absolute atomic E-state index is 13.5. The quantitative estimate of drug-likeness (QED) is 0.629. The van der Waals surface area contributed by atoms with Gasteiger partial charge in [0.05, 0.1) is 10.9 Å². The molecular formula is C19H17F2NOS. The van der Waals surface area contributed by atoms with E-state index in [1.165, 1.54) is 17.4 Å². The van der Waals surface area contributed by atoms with Gasteiger partial charge in [0.2, 0.25) is 0 Å². The summed E-state index contributed by atoms with van der Waals surface area (Å²) < 4.78 is 27.6. The molecule has 3 rings (SSSR count). The first kappa shape index (κ1) is 16.6. The molecule has 0 aliphatic heterocycles. The van der Waals surface area contributed by atoms with E-state index >= 15 is 0 Å². The van der Waals surface area contributed by atoms with E-state index in [4.69, 9.17) is 0 Å². The average Bonchev–Trinajstić information content (AvgIpc) is 2.92. The highest BCUT2D eigenvalue weighted by Gasteiger charge is 2.23. The molecule has 0 saturated carbocycles. The molecule has 2 aromatic carbocycles. The lowest BCUT2D eigenvalue weighted by molar-refractivity contribution is 0.0746. The van der Waals surface area contributed by atoms with E-state index in [-0.39, 0.29) is 11.9 Å². The fraction of sp³-hybridized carbons (Fsp3) is 0.211. The molecule has 1 aromatic heterocycles. The molecule has 124 valence electrons. The van der Waals surface area contributed by atoms with Gasteiger partial charge in [0.15, 0.2) is 11.6 Å². The van der Waals surface area contributed by atoms with Crippen molar-refractivity contribution in [3.05, 3.63) is 70.1 Å². The van der Waals surface area contributed by atoms with Crippen LogP contribution in [-0.2, 0) is 0 Å². The molecule has 5 heteroatoms. The minimum Gasteiger partial charge on any atom is -0.334 e. The normalized spacial score (nSPS) is 12.4. The van der Waals surface area contributed by atoms with Crippen molar-refractivity contribution in [1.29, 1.82) is 0 Å². The lowest BCUT2D eigenvalue weighted by Gasteiger charge is -2.25. The third kappa shape index (κ3) is 2.80. The first-order chi connectivity index (χ1) is 11.4. The van der Waals surface area contributed by atoms with E-state index in [2.05, 4.69) is 0 Å².